The van der Waals surface area contributed by atoms with Gasteiger partial charge in [-0.25, -0.2) is 9.59 Å². The minimum absolute atomic E-state index is 0.00717. The van der Waals surface area contributed by atoms with Crippen LogP contribution in [0, 0.1) is 16.7 Å². The van der Waals surface area contributed by atoms with Crippen molar-refractivity contribution in [3.05, 3.63) is 113 Å². The van der Waals surface area contributed by atoms with E-state index >= 15 is 4.79 Å². The number of hydrogen-bond donors (Lipinski definition) is 4. The zero-order valence-electron chi connectivity index (χ0n) is 36.6. The lowest BCUT2D eigenvalue weighted by atomic mass is 9.44. The molecule has 4 aliphatic rings. The Balaban J connectivity index is 1.39. The van der Waals surface area contributed by atoms with E-state index in [-0.39, 0.29) is 35.3 Å². The average molecular weight is 884 g/mol. The zero-order chi connectivity index (χ0) is 46.5. The molecule has 1 aliphatic heterocycles. The third-order valence-corrected chi connectivity index (χ3v) is 13.8. The molecule has 3 fully saturated rings. The number of methoxy groups -OCH3 is 1. The molecule has 2 bridgehead atoms. The fraction of sp³-hybridized carbons (Fsp3) is 0.458. The number of nitrogens with one attached hydrogen (secondary N) is 1. The molecule has 0 radical (unpaired) electrons. The first-order chi connectivity index (χ1) is 30.2. The number of esters is 4. The molecule has 7 rings (SSSR count). The Bertz CT molecular complexity index is 2350. The number of benzene rings is 3. The largest absolute Gasteiger partial charge is 0.497 e. The maximum Gasteiger partial charge on any atom is 0.338 e. The Kier molecular flexibility index (Phi) is 12.4. The molecule has 16 heteroatoms. The van der Waals surface area contributed by atoms with E-state index in [1.165, 1.54) is 45.2 Å². The van der Waals surface area contributed by atoms with Gasteiger partial charge in [-0.1, -0.05) is 62.4 Å². The Labute approximate surface area is 369 Å². The van der Waals surface area contributed by atoms with E-state index in [9.17, 15) is 39.3 Å². The fourth-order valence-corrected chi connectivity index (χ4v) is 10.3. The summed E-state index contributed by atoms with van der Waals surface area (Å²) in [6, 6.07) is 20.9. The molecule has 4 N–H and O–H groups in total. The van der Waals surface area contributed by atoms with Crippen molar-refractivity contribution in [2.24, 2.45) is 16.7 Å². The first-order valence-corrected chi connectivity index (χ1v) is 21.0. The van der Waals surface area contributed by atoms with Crippen molar-refractivity contribution >= 4 is 35.6 Å². The van der Waals surface area contributed by atoms with Crippen LogP contribution in [0.1, 0.15) is 86.7 Å². The molecule has 16 nitrogen and oxygen atoms in total. The highest BCUT2D eigenvalue weighted by Crippen LogP contribution is 2.64. The van der Waals surface area contributed by atoms with Crippen molar-refractivity contribution in [2.75, 3.05) is 13.7 Å². The molecule has 340 valence electrons. The van der Waals surface area contributed by atoms with Crippen molar-refractivity contribution < 1.29 is 72.5 Å². The molecule has 0 unspecified atom stereocenters. The Morgan fingerprint density at radius 3 is 2.03 bits per heavy atom. The van der Waals surface area contributed by atoms with E-state index in [1.54, 1.807) is 74.5 Å². The predicted molar refractivity (Wildman–Crippen MR) is 224 cm³/mol. The highest BCUT2D eigenvalue weighted by atomic mass is 16.6. The Morgan fingerprint density at radius 2 is 1.47 bits per heavy atom. The molecule has 2 saturated carbocycles. The van der Waals surface area contributed by atoms with Gasteiger partial charge >= 0.3 is 23.9 Å². The lowest BCUT2D eigenvalue weighted by Crippen LogP contribution is -2.82. The summed E-state index contributed by atoms with van der Waals surface area (Å²) >= 11 is 0. The van der Waals surface area contributed by atoms with Gasteiger partial charge in [-0.2, -0.15) is 0 Å². The van der Waals surface area contributed by atoms with Crippen molar-refractivity contribution in [1.29, 1.82) is 0 Å². The predicted octanol–water partition coefficient (Wildman–Crippen LogP) is 3.74. The van der Waals surface area contributed by atoms with Gasteiger partial charge in [0.05, 0.1) is 42.8 Å². The normalized spacial score (nSPS) is 31.2. The lowest BCUT2D eigenvalue weighted by molar-refractivity contribution is -0.346. The highest BCUT2D eigenvalue weighted by molar-refractivity contribution is 5.96. The number of aliphatic hydroxyl groups is 3. The van der Waals surface area contributed by atoms with Crippen molar-refractivity contribution in [3.63, 3.8) is 0 Å². The number of aliphatic hydroxyl groups excluding tert-OH is 2. The van der Waals surface area contributed by atoms with Crippen LogP contribution in [0.4, 0.5) is 0 Å². The van der Waals surface area contributed by atoms with Gasteiger partial charge in [-0.15, -0.1) is 0 Å². The SMILES string of the molecule is COc1ccc(C(=O)O[C@H]2[C@@H]3[C@]4(OC(C)=O)CO[C@@H]4C[C@H](O)[C@@]3(C)C(=O)[C@H](OC(C)=O)C3=C(C)[C@@H](OC(=O)[C@H](O)[C@@H](NC(=O)c4ccccc4)c4ccccc4)C[C@]2(O)C3(C)C)cc1. The van der Waals surface area contributed by atoms with E-state index in [0.717, 1.165) is 13.8 Å². The third kappa shape index (κ3) is 7.65. The third-order valence-electron chi connectivity index (χ3n) is 13.8. The number of amides is 1. The molecule has 1 amide bonds. The standard InChI is InChI=1S/C48H53NO15/c1-25-32(62-44(57)37(53)36(28-14-10-8-11-15-28)49-42(55)29-16-12-9-13-17-29)23-48(58)41(63-43(56)30-18-20-31(59-7)21-19-30)39-46(6,33(52)22-34-47(39,24-60-34)64-27(3)51)40(54)38(61-26(2)50)35(25)45(48,4)5/h8-21,32-34,36-39,41,52-53,58H,22-24H2,1-7H3,(H,49,55)/t32-,33-,34+,36-,37+,38+,39-,41-,46+,47-,48+/m0/s1. The number of Topliss-reactive ketones (excluding diaryl/α,β-unsaturated/α-hetero) is 1. The van der Waals surface area contributed by atoms with Gasteiger partial charge in [0.15, 0.2) is 23.6 Å². The van der Waals surface area contributed by atoms with Crippen molar-refractivity contribution in [2.45, 2.75) is 108 Å². The number of ketones is 1. The van der Waals surface area contributed by atoms with Gasteiger partial charge in [0, 0.05) is 37.7 Å². The number of ether oxygens (including phenoxy) is 6. The van der Waals surface area contributed by atoms with E-state index in [1.807, 2.05) is 0 Å². The van der Waals surface area contributed by atoms with Gasteiger partial charge in [-0.05, 0) is 67.0 Å². The highest BCUT2D eigenvalue weighted by Gasteiger charge is 2.78. The second-order valence-electron chi connectivity index (χ2n) is 17.7. The van der Waals surface area contributed by atoms with Gasteiger partial charge in [0.1, 0.15) is 29.7 Å². The first-order valence-electron chi connectivity index (χ1n) is 21.0. The van der Waals surface area contributed by atoms with Crippen LogP contribution in [-0.2, 0) is 42.9 Å². The Morgan fingerprint density at radius 1 is 0.844 bits per heavy atom. The second kappa shape index (κ2) is 17.2. The van der Waals surface area contributed by atoms with Crippen LogP contribution in [-0.4, -0.2) is 112 Å². The van der Waals surface area contributed by atoms with Crippen LogP contribution in [0.5, 0.6) is 5.75 Å². The van der Waals surface area contributed by atoms with Crippen LogP contribution in [0.15, 0.2) is 96.1 Å². The summed E-state index contributed by atoms with van der Waals surface area (Å²) in [5, 5.41) is 40.4. The van der Waals surface area contributed by atoms with Crippen LogP contribution in [0.2, 0.25) is 0 Å². The molecule has 3 aromatic rings. The molecule has 3 aromatic carbocycles. The molecule has 0 aromatic heterocycles. The molecular weight excluding hydrogens is 831 g/mol. The monoisotopic (exact) mass is 883 g/mol. The topological polar surface area (TPSA) is 231 Å². The van der Waals surface area contributed by atoms with E-state index in [0.29, 0.717) is 11.3 Å². The van der Waals surface area contributed by atoms with Crippen molar-refractivity contribution in [3.8, 4) is 5.75 Å². The lowest BCUT2D eigenvalue weighted by Gasteiger charge is -2.67. The number of carbonyl (C=O) groups is 6. The quantitative estimate of drug-likeness (QED) is 0.122. The molecule has 0 spiro atoms. The van der Waals surface area contributed by atoms with Crippen LogP contribution in [0.3, 0.4) is 0 Å². The van der Waals surface area contributed by atoms with Crippen LogP contribution >= 0.6 is 0 Å². The molecule has 1 saturated heterocycles. The Hall–Kier alpha value is -5.94. The van der Waals surface area contributed by atoms with Crippen LogP contribution in [0.25, 0.3) is 0 Å². The van der Waals surface area contributed by atoms with Gasteiger partial charge in [0.25, 0.3) is 5.91 Å². The molecular formula is C48H53NO15. The number of rotatable bonds is 11. The summed E-state index contributed by atoms with van der Waals surface area (Å²) in [6.45, 7) is 7.91. The van der Waals surface area contributed by atoms with Gasteiger partial charge < -0.3 is 49.1 Å². The maximum absolute atomic E-state index is 15.5. The summed E-state index contributed by atoms with van der Waals surface area (Å²) < 4.78 is 35.6. The number of carbonyl (C=O) groups excluding carboxylic acids is 6. The molecule has 11 atom stereocenters. The molecule has 1 heterocycles. The summed E-state index contributed by atoms with van der Waals surface area (Å²) in [6.07, 6.45) is -10.7. The van der Waals surface area contributed by atoms with Crippen molar-refractivity contribution in [1.82, 2.24) is 5.32 Å². The molecule has 64 heavy (non-hydrogen) atoms. The average Bonchev–Trinajstić information content (AvgIpc) is 3.26. The summed E-state index contributed by atoms with van der Waals surface area (Å²) in [7, 11) is 1.45. The summed E-state index contributed by atoms with van der Waals surface area (Å²) in [4.78, 5) is 83.8. The fourth-order valence-electron chi connectivity index (χ4n) is 10.3. The minimum atomic E-state index is -2.42. The zero-order valence-corrected chi connectivity index (χ0v) is 36.6. The van der Waals surface area contributed by atoms with E-state index in [2.05, 4.69) is 5.32 Å². The summed E-state index contributed by atoms with van der Waals surface area (Å²) in [5.41, 5.74) is -7.22. The van der Waals surface area contributed by atoms with Crippen LogP contribution < -0.4 is 10.1 Å². The molecule has 3 aliphatic carbocycles. The minimum Gasteiger partial charge on any atom is -0.497 e. The van der Waals surface area contributed by atoms with E-state index < -0.39 is 113 Å². The van der Waals surface area contributed by atoms with Gasteiger partial charge in [0.2, 0.25) is 0 Å². The summed E-state index contributed by atoms with van der Waals surface area (Å²) in [5.74, 6) is -6.54. The number of fused-ring (bicyclic) bond motifs is 5. The van der Waals surface area contributed by atoms with Gasteiger partial charge in [-0.3, -0.25) is 19.2 Å². The smallest absolute Gasteiger partial charge is 0.338 e. The first kappa shape index (κ1) is 46.1. The second-order valence-corrected chi connectivity index (χ2v) is 17.7. The maximum atomic E-state index is 15.5. The van der Waals surface area contributed by atoms with E-state index in [4.69, 9.17) is 28.4 Å². The number of hydrogen-bond acceptors (Lipinski definition) is 15.